The predicted octanol–water partition coefficient (Wildman–Crippen LogP) is 2.55. The minimum atomic E-state index is -0.462. The quantitative estimate of drug-likeness (QED) is 0.873. The van der Waals surface area contributed by atoms with E-state index in [4.69, 9.17) is 9.47 Å². The Morgan fingerprint density at radius 3 is 2.60 bits per heavy atom. The third-order valence-electron chi connectivity index (χ3n) is 3.37. The number of ether oxygens (including phenoxy) is 2. The van der Waals surface area contributed by atoms with Gasteiger partial charge in [-0.05, 0) is 30.3 Å². The number of amides is 2. The first-order valence-electron chi connectivity index (χ1n) is 7.48. The topological polar surface area (TPSA) is 67.9 Å². The van der Waals surface area contributed by atoms with E-state index in [9.17, 15) is 14.0 Å². The second-order valence-electron chi connectivity index (χ2n) is 5.40. The Labute approximate surface area is 145 Å². The average Bonchev–Trinajstić information content (AvgIpc) is 2.61. The van der Waals surface area contributed by atoms with Gasteiger partial charge in [-0.15, -0.1) is 0 Å². The molecule has 7 heteroatoms. The summed E-state index contributed by atoms with van der Waals surface area (Å²) in [6, 6.07) is 10.2. The van der Waals surface area contributed by atoms with Gasteiger partial charge >= 0.3 is 0 Å². The van der Waals surface area contributed by atoms with E-state index in [1.54, 1.807) is 32.3 Å². The first-order chi connectivity index (χ1) is 11.9. The van der Waals surface area contributed by atoms with E-state index >= 15 is 0 Å². The molecular weight excluding hydrogens is 327 g/mol. The van der Waals surface area contributed by atoms with E-state index in [1.807, 2.05) is 0 Å². The lowest BCUT2D eigenvalue weighted by Crippen LogP contribution is -2.27. The number of hydrogen-bond donors (Lipinski definition) is 1. The van der Waals surface area contributed by atoms with Gasteiger partial charge in [0, 0.05) is 25.7 Å². The molecule has 2 amide bonds. The molecule has 0 bridgehead atoms. The number of nitrogens with one attached hydrogen (secondary N) is 1. The summed E-state index contributed by atoms with van der Waals surface area (Å²) in [5.41, 5.74) is 0.684. The standard InChI is InChI=1S/C18H19FN2O4/c1-21(2)17(22)11-25-14-6-4-5-12(9-14)18(23)20-15-8-7-13(19)10-16(15)24-3/h4-10H,11H2,1-3H3,(H,20,23). The normalized spacial score (nSPS) is 10.1. The van der Waals surface area contributed by atoms with Crippen LogP contribution in [0.15, 0.2) is 42.5 Å². The molecule has 0 unspecified atom stereocenters. The van der Waals surface area contributed by atoms with Crippen LogP contribution in [0.25, 0.3) is 0 Å². The lowest BCUT2D eigenvalue weighted by Gasteiger charge is -2.13. The molecule has 0 aromatic heterocycles. The summed E-state index contributed by atoms with van der Waals surface area (Å²) in [7, 11) is 4.65. The number of benzene rings is 2. The van der Waals surface area contributed by atoms with Crippen LogP contribution in [-0.4, -0.2) is 44.5 Å². The number of halogens is 1. The van der Waals surface area contributed by atoms with Crippen LogP contribution in [0.4, 0.5) is 10.1 Å². The third kappa shape index (κ3) is 4.94. The van der Waals surface area contributed by atoms with E-state index in [1.165, 1.54) is 36.3 Å². The molecule has 0 aliphatic rings. The highest BCUT2D eigenvalue weighted by molar-refractivity contribution is 6.05. The third-order valence-corrected chi connectivity index (χ3v) is 3.37. The average molecular weight is 346 g/mol. The van der Waals surface area contributed by atoms with Crippen molar-refractivity contribution >= 4 is 17.5 Å². The number of anilines is 1. The molecule has 1 N–H and O–H groups in total. The molecule has 0 spiro atoms. The van der Waals surface area contributed by atoms with Crippen molar-refractivity contribution in [1.29, 1.82) is 0 Å². The van der Waals surface area contributed by atoms with Crippen molar-refractivity contribution in [1.82, 2.24) is 4.90 Å². The summed E-state index contributed by atoms with van der Waals surface area (Å²) in [6.45, 7) is -0.121. The summed E-state index contributed by atoms with van der Waals surface area (Å²) in [4.78, 5) is 25.3. The monoisotopic (exact) mass is 346 g/mol. The maximum atomic E-state index is 13.2. The Kier molecular flexibility index (Phi) is 5.94. The minimum absolute atomic E-state index is 0.121. The molecule has 2 aromatic rings. The molecule has 2 aromatic carbocycles. The van der Waals surface area contributed by atoms with Crippen molar-refractivity contribution in [3.8, 4) is 11.5 Å². The number of carbonyl (C=O) groups excluding carboxylic acids is 2. The highest BCUT2D eigenvalue weighted by Crippen LogP contribution is 2.25. The van der Waals surface area contributed by atoms with Crippen LogP contribution in [0, 0.1) is 5.82 Å². The number of likely N-dealkylation sites (N-methyl/N-ethyl adjacent to an activating group) is 1. The zero-order valence-electron chi connectivity index (χ0n) is 14.2. The Morgan fingerprint density at radius 2 is 1.92 bits per heavy atom. The smallest absolute Gasteiger partial charge is 0.259 e. The van der Waals surface area contributed by atoms with Gasteiger partial charge in [0.1, 0.15) is 17.3 Å². The Bertz CT molecular complexity index is 777. The molecule has 0 fully saturated rings. The fourth-order valence-corrected chi connectivity index (χ4v) is 1.96. The Hall–Kier alpha value is -3.09. The van der Waals surface area contributed by atoms with Gasteiger partial charge < -0.3 is 19.7 Å². The summed E-state index contributed by atoms with van der Waals surface area (Å²) >= 11 is 0. The molecular formula is C18H19FN2O4. The number of carbonyl (C=O) groups is 2. The van der Waals surface area contributed by atoms with Crippen LogP contribution in [-0.2, 0) is 4.79 Å². The Morgan fingerprint density at radius 1 is 1.16 bits per heavy atom. The number of rotatable bonds is 6. The molecule has 0 saturated heterocycles. The number of methoxy groups -OCH3 is 1. The van der Waals surface area contributed by atoms with Crippen LogP contribution in [0.1, 0.15) is 10.4 Å². The molecule has 132 valence electrons. The van der Waals surface area contributed by atoms with Gasteiger partial charge in [-0.1, -0.05) is 6.07 Å². The van der Waals surface area contributed by atoms with Crippen LogP contribution in [0.3, 0.4) is 0 Å². The van der Waals surface area contributed by atoms with E-state index in [0.717, 1.165) is 0 Å². The second kappa shape index (κ2) is 8.14. The van der Waals surface area contributed by atoms with Gasteiger partial charge in [0.25, 0.3) is 11.8 Å². The van der Waals surface area contributed by atoms with Crippen molar-refractivity contribution in [2.24, 2.45) is 0 Å². The lowest BCUT2D eigenvalue weighted by atomic mass is 10.2. The van der Waals surface area contributed by atoms with E-state index in [2.05, 4.69) is 5.32 Å². The molecule has 0 radical (unpaired) electrons. The second-order valence-corrected chi connectivity index (χ2v) is 5.40. The maximum absolute atomic E-state index is 13.2. The largest absolute Gasteiger partial charge is 0.494 e. The number of nitrogens with zero attached hydrogens (tertiary/aromatic N) is 1. The molecule has 2 rings (SSSR count). The van der Waals surface area contributed by atoms with Gasteiger partial charge in [-0.2, -0.15) is 0 Å². The molecule has 0 atom stereocenters. The van der Waals surface area contributed by atoms with Gasteiger partial charge in [0.2, 0.25) is 0 Å². The predicted molar refractivity (Wildman–Crippen MR) is 91.5 cm³/mol. The first-order valence-corrected chi connectivity index (χ1v) is 7.48. The van der Waals surface area contributed by atoms with Crippen LogP contribution < -0.4 is 14.8 Å². The van der Waals surface area contributed by atoms with Crippen molar-refractivity contribution < 1.29 is 23.5 Å². The molecule has 0 aliphatic heterocycles. The molecule has 0 heterocycles. The van der Waals surface area contributed by atoms with Gasteiger partial charge in [-0.25, -0.2) is 4.39 Å². The lowest BCUT2D eigenvalue weighted by molar-refractivity contribution is -0.130. The fourth-order valence-electron chi connectivity index (χ4n) is 1.96. The van der Waals surface area contributed by atoms with Gasteiger partial charge in [0.05, 0.1) is 12.8 Å². The molecule has 0 saturated carbocycles. The zero-order chi connectivity index (χ0) is 18.4. The van der Waals surface area contributed by atoms with E-state index < -0.39 is 11.7 Å². The van der Waals surface area contributed by atoms with Gasteiger partial charge in [0.15, 0.2) is 6.61 Å². The highest BCUT2D eigenvalue weighted by Gasteiger charge is 2.12. The Balaban J connectivity index is 2.10. The van der Waals surface area contributed by atoms with E-state index in [0.29, 0.717) is 17.0 Å². The van der Waals surface area contributed by atoms with Gasteiger partial charge in [-0.3, -0.25) is 9.59 Å². The summed E-state index contributed by atoms with van der Waals surface area (Å²) in [5, 5.41) is 2.65. The first kappa shape index (κ1) is 18.3. The summed E-state index contributed by atoms with van der Waals surface area (Å²) in [6.07, 6.45) is 0. The van der Waals surface area contributed by atoms with Crippen molar-refractivity contribution in [2.45, 2.75) is 0 Å². The zero-order valence-corrected chi connectivity index (χ0v) is 14.2. The summed E-state index contributed by atoms with van der Waals surface area (Å²) < 4.78 is 23.7. The summed E-state index contributed by atoms with van der Waals surface area (Å²) in [5.74, 6) is -0.442. The van der Waals surface area contributed by atoms with Crippen molar-refractivity contribution in [3.05, 3.63) is 53.8 Å². The van der Waals surface area contributed by atoms with Crippen molar-refractivity contribution in [3.63, 3.8) is 0 Å². The van der Waals surface area contributed by atoms with E-state index in [-0.39, 0.29) is 18.3 Å². The highest BCUT2D eigenvalue weighted by atomic mass is 19.1. The minimum Gasteiger partial charge on any atom is -0.494 e. The molecule has 25 heavy (non-hydrogen) atoms. The number of hydrogen-bond acceptors (Lipinski definition) is 4. The SMILES string of the molecule is COc1cc(F)ccc1NC(=O)c1cccc(OCC(=O)N(C)C)c1. The van der Waals surface area contributed by atoms with Crippen LogP contribution in [0.5, 0.6) is 11.5 Å². The fraction of sp³-hybridized carbons (Fsp3) is 0.222. The van der Waals surface area contributed by atoms with Crippen molar-refractivity contribution in [2.75, 3.05) is 33.1 Å². The van der Waals surface area contributed by atoms with Crippen LogP contribution in [0.2, 0.25) is 0 Å². The van der Waals surface area contributed by atoms with Crippen LogP contribution >= 0.6 is 0 Å². The molecule has 6 nitrogen and oxygen atoms in total. The maximum Gasteiger partial charge on any atom is 0.259 e. The molecule has 0 aliphatic carbocycles.